The molecule has 0 radical (unpaired) electrons. The molecule has 2 fully saturated rings. The van der Waals surface area contributed by atoms with Crippen LogP contribution in [0.4, 0.5) is 4.39 Å². The van der Waals surface area contributed by atoms with Gasteiger partial charge in [0.15, 0.2) is 11.6 Å². The summed E-state index contributed by atoms with van der Waals surface area (Å²) in [6.07, 6.45) is 3.72. The van der Waals surface area contributed by atoms with Gasteiger partial charge >= 0.3 is 0 Å². The first-order valence-electron chi connectivity index (χ1n) is 6.82. The van der Waals surface area contributed by atoms with Gasteiger partial charge in [-0.1, -0.05) is 6.07 Å². The summed E-state index contributed by atoms with van der Waals surface area (Å²) in [6.45, 7) is 0. The van der Waals surface area contributed by atoms with Crippen molar-refractivity contribution < 1.29 is 14.2 Å². The maximum atomic E-state index is 13.5. The van der Waals surface area contributed by atoms with Crippen LogP contribution in [0.5, 0.6) is 5.75 Å². The summed E-state index contributed by atoms with van der Waals surface area (Å²) < 4.78 is 18.5. The number of piperidine rings is 1. The molecular weight excluding hydrogens is 245 g/mol. The minimum atomic E-state index is -0.848. The van der Waals surface area contributed by atoms with E-state index in [-0.39, 0.29) is 11.6 Å². The van der Waals surface area contributed by atoms with E-state index in [4.69, 9.17) is 4.74 Å². The van der Waals surface area contributed by atoms with Crippen LogP contribution in [-0.4, -0.2) is 36.2 Å². The third-order valence-corrected chi connectivity index (χ3v) is 4.82. The van der Waals surface area contributed by atoms with Crippen LogP contribution in [0.2, 0.25) is 0 Å². The Balaban J connectivity index is 1.93. The van der Waals surface area contributed by atoms with Crippen molar-refractivity contribution in [2.75, 3.05) is 14.2 Å². The molecule has 2 aliphatic heterocycles. The zero-order chi connectivity index (χ0) is 13.6. The number of fused-ring (bicyclic) bond motifs is 2. The molecule has 0 amide bonds. The van der Waals surface area contributed by atoms with Gasteiger partial charge in [-0.2, -0.15) is 0 Å². The van der Waals surface area contributed by atoms with Gasteiger partial charge in [0.25, 0.3) is 0 Å². The van der Waals surface area contributed by atoms with Crippen LogP contribution < -0.4 is 4.74 Å². The van der Waals surface area contributed by atoms with E-state index in [1.807, 2.05) is 0 Å². The first-order valence-corrected chi connectivity index (χ1v) is 6.82. The molecule has 2 atom stereocenters. The maximum Gasteiger partial charge on any atom is 0.165 e. The number of hydrogen-bond donors (Lipinski definition) is 1. The Morgan fingerprint density at radius 3 is 2.53 bits per heavy atom. The molecule has 0 aromatic heterocycles. The number of halogens is 1. The fourth-order valence-electron chi connectivity index (χ4n) is 3.63. The second kappa shape index (κ2) is 4.46. The minimum Gasteiger partial charge on any atom is -0.494 e. The van der Waals surface area contributed by atoms with Crippen LogP contribution in [0.25, 0.3) is 0 Å². The summed E-state index contributed by atoms with van der Waals surface area (Å²) in [7, 11) is 3.58. The molecule has 0 saturated carbocycles. The molecule has 2 saturated heterocycles. The largest absolute Gasteiger partial charge is 0.494 e. The van der Waals surface area contributed by atoms with E-state index in [0.29, 0.717) is 12.1 Å². The number of benzene rings is 1. The van der Waals surface area contributed by atoms with E-state index in [1.54, 1.807) is 12.1 Å². The molecule has 2 aliphatic rings. The lowest BCUT2D eigenvalue weighted by Crippen LogP contribution is -2.47. The topological polar surface area (TPSA) is 32.7 Å². The third kappa shape index (κ3) is 2.03. The summed E-state index contributed by atoms with van der Waals surface area (Å²) in [4.78, 5) is 2.37. The second-order valence-electron chi connectivity index (χ2n) is 5.84. The van der Waals surface area contributed by atoms with Crippen LogP contribution in [0.1, 0.15) is 31.2 Å². The summed E-state index contributed by atoms with van der Waals surface area (Å²) in [5.74, 6) is -0.178. The van der Waals surface area contributed by atoms with Crippen LogP contribution in [-0.2, 0) is 5.60 Å². The van der Waals surface area contributed by atoms with Gasteiger partial charge in [0, 0.05) is 12.1 Å². The van der Waals surface area contributed by atoms with E-state index in [9.17, 15) is 9.50 Å². The van der Waals surface area contributed by atoms with Crippen molar-refractivity contribution in [3.8, 4) is 5.75 Å². The molecule has 1 N–H and O–H groups in total. The van der Waals surface area contributed by atoms with Gasteiger partial charge in [-0.15, -0.1) is 0 Å². The molecule has 1 aromatic rings. The molecule has 3 nitrogen and oxygen atoms in total. The Bertz CT molecular complexity index is 477. The monoisotopic (exact) mass is 265 g/mol. The number of ether oxygens (including phenoxy) is 1. The minimum absolute atomic E-state index is 0.206. The molecule has 104 valence electrons. The Labute approximate surface area is 113 Å². The highest BCUT2D eigenvalue weighted by atomic mass is 19.1. The van der Waals surface area contributed by atoms with Gasteiger partial charge in [0.2, 0.25) is 0 Å². The molecule has 0 spiro atoms. The molecule has 19 heavy (non-hydrogen) atoms. The first-order chi connectivity index (χ1) is 9.03. The van der Waals surface area contributed by atoms with Crippen LogP contribution in [0.15, 0.2) is 18.2 Å². The number of nitrogens with zero attached hydrogens (tertiary/aromatic N) is 1. The normalized spacial score (nSPS) is 34.5. The molecule has 2 heterocycles. The van der Waals surface area contributed by atoms with Gasteiger partial charge < -0.3 is 14.7 Å². The zero-order valence-electron chi connectivity index (χ0n) is 11.4. The smallest absolute Gasteiger partial charge is 0.165 e. The zero-order valence-corrected chi connectivity index (χ0v) is 11.4. The van der Waals surface area contributed by atoms with Gasteiger partial charge in [-0.05, 0) is 50.4 Å². The fourth-order valence-corrected chi connectivity index (χ4v) is 3.63. The number of methoxy groups -OCH3 is 1. The lowest BCUT2D eigenvalue weighted by Gasteiger charge is -2.42. The summed E-state index contributed by atoms with van der Waals surface area (Å²) >= 11 is 0. The second-order valence-corrected chi connectivity index (χ2v) is 5.84. The van der Waals surface area contributed by atoms with Crippen molar-refractivity contribution in [3.63, 3.8) is 0 Å². The van der Waals surface area contributed by atoms with E-state index < -0.39 is 5.60 Å². The predicted octanol–water partition coefficient (Wildman–Crippen LogP) is 2.28. The summed E-state index contributed by atoms with van der Waals surface area (Å²) in [5.41, 5.74) is -0.0741. The molecule has 2 unspecified atom stereocenters. The van der Waals surface area contributed by atoms with E-state index >= 15 is 0 Å². The molecule has 0 aliphatic carbocycles. The van der Waals surface area contributed by atoms with Gasteiger partial charge in [-0.3, -0.25) is 0 Å². The third-order valence-electron chi connectivity index (χ3n) is 4.82. The highest BCUT2D eigenvalue weighted by Crippen LogP contribution is 2.45. The maximum absolute atomic E-state index is 13.5. The van der Waals surface area contributed by atoms with Gasteiger partial charge in [0.05, 0.1) is 12.7 Å². The summed E-state index contributed by atoms with van der Waals surface area (Å²) in [5, 5.41) is 10.9. The molecule has 1 aromatic carbocycles. The van der Waals surface area contributed by atoms with Crippen LogP contribution in [0.3, 0.4) is 0 Å². The Hall–Kier alpha value is -1.13. The molecule has 3 rings (SSSR count). The molecular formula is C15H20FNO2. The number of rotatable bonds is 2. The lowest BCUT2D eigenvalue weighted by atomic mass is 9.80. The van der Waals surface area contributed by atoms with Crippen molar-refractivity contribution >= 4 is 0 Å². The predicted molar refractivity (Wildman–Crippen MR) is 70.7 cm³/mol. The molecule has 2 bridgehead atoms. The highest BCUT2D eigenvalue weighted by Gasteiger charge is 2.46. The Kier molecular flexibility index (Phi) is 3.02. The van der Waals surface area contributed by atoms with E-state index in [2.05, 4.69) is 11.9 Å². The SMILES string of the molecule is COc1cc(C2(O)CC3CCC(C2)N3C)ccc1F. The van der Waals surface area contributed by atoms with Crippen molar-refractivity contribution in [1.29, 1.82) is 0 Å². The van der Waals surface area contributed by atoms with Crippen LogP contribution in [0, 0.1) is 5.82 Å². The summed E-state index contributed by atoms with van der Waals surface area (Å²) in [6, 6.07) is 5.56. The van der Waals surface area contributed by atoms with Crippen LogP contribution >= 0.6 is 0 Å². The van der Waals surface area contributed by atoms with Crippen molar-refractivity contribution in [2.24, 2.45) is 0 Å². The first kappa shape index (κ1) is 12.9. The van der Waals surface area contributed by atoms with E-state index in [0.717, 1.165) is 31.2 Å². The molecule has 4 heteroatoms. The Morgan fingerprint density at radius 1 is 1.32 bits per heavy atom. The highest BCUT2D eigenvalue weighted by molar-refractivity contribution is 5.34. The number of aliphatic hydroxyl groups is 1. The number of hydrogen-bond acceptors (Lipinski definition) is 3. The average Bonchev–Trinajstić information content (AvgIpc) is 2.63. The quantitative estimate of drug-likeness (QED) is 0.890. The van der Waals surface area contributed by atoms with Crippen molar-refractivity contribution in [1.82, 2.24) is 4.90 Å². The van der Waals surface area contributed by atoms with E-state index in [1.165, 1.54) is 13.2 Å². The standard InChI is InChI=1S/C15H20FNO2/c1-17-11-4-5-12(17)9-15(18,8-11)10-3-6-13(16)14(7-10)19-2/h3,6-7,11-12,18H,4-5,8-9H2,1-2H3. The average molecular weight is 265 g/mol. The fraction of sp³-hybridized carbons (Fsp3) is 0.600. The van der Waals surface area contributed by atoms with Crippen molar-refractivity contribution in [2.45, 2.75) is 43.4 Å². The Morgan fingerprint density at radius 2 is 1.95 bits per heavy atom. The van der Waals surface area contributed by atoms with Gasteiger partial charge in [0.1, 0.15) is 0 Å². The van der Waals surface area contributed by atoms with Crippen molar-refractivity contribution in [3.05, 3.63) is 29.6 Å². The van der Waals surface area contributed by atoms with Gasteiger partial charge in [-0.25, -0.2) is 4.39 Å². The lowest BCUT2D eigenvalue weighted by molar-refractivity contribution is -0.0494.